The Morgan fingerprint density at radius 2 is 0.631 bits per heavy atom. The smallest absolute Gasteiger partial charge is 0.335 e. The van der Waals surface area contributed by atoms with Gasteiger partial charge in [0.05, 0.1) is 39.4 Å². The summed E-state index contributed by atoms with van der Waals surface area (Å²) in [5.41, 5.74) is 45.1. The highest BCUT2D eigenvalue weighted by Crippen LogP contribution is 2.34. The van der Waals surface area contributed by atoms with Crippen molar-refractivity contribution in [3.05, 3.63) is 368 Å². The number of rotatable bonds is 36. The lowest BCUT2D eigenvalue weighted by Gasteiger charge is -2.15. The highest BCUT2D eigenvalue weighted by atomic mass is 16.5. The molecule has 0 aliphatic carbocycles. The van der Waals surface area contributed by atoms with Crippen LogP contribution in [0.2, 0.25) is 0 Å². The van der Waals surface area contributed by atoms with E-state index >= 15 is 0 Å². The lowest BCUT2D eigenvalue weighted by atomic mass is 10.1. The van der Waals surface area contributed by atoms with E-state index in [-0.39, 0.29) is 53.4 Å². The summed E-state index contributed by atoms with van der Waals surface area (Å²) in [6, 6.07) is 73.6. The molecule has 0 spiro atoms. The van der Waals surface area contributed by atoms with E-state index in [0.717, 1.165) is 117 Å². The quantitative estimate of drug-likeness (QED) is 0.0174. The third kappa shape index (κ3) is 24.7. The first-order valence-electron chi connectivity index (χ1n) is 41.5. The van der Waals surface area contributed by atoms with Crippen molar-refractivity contribution in [3.63, 3.8) is 0 Å². The molecule has 4 aromatic heterocycles. The van der Waals surface area contributed by atoms with Gasteiger partial charge in [0.15, 0.2) is 0 Å². The minimum atomic E-state index is -1.06. The van der Waals surface area contributed by atoms with Crippen molar-refractivity contribution in [1.29, 1.82) is 5.26 Å². The van der Waals surface area contributed by atoms with Gasteiger partial charge in [0.25, 0.3) is 0 Å². The molecule has 0 radical (unpaired) electrons. The first kappa shape index (κ1) is 93.0. The summed E-state index contributed by atoms with van der Waals surface area (Å²) in [6.45, 7) is 4.55. The number of carbonyl (C=O) groups excluding carboxylic acids is 2. The van der Waals surface area contributed by atoms with Crippen LogP contribution in [-0.2, 0) is 87.9 Å². The normalized spacial score (nSPS) is 10.9. The van der Waals surface area contributed by atoms with Crippen LogP contribution in [0.3, 0.4) is 0 Å². The zero-order chi connectivity index (χ0) is 92.5. The van der Waals surface area contributed by atoms with Crippen molar-refractivity contribution in [2.45, 2.75) is 78.3 Å². The number of fused-ring (bicyclic) bond motifs is 4. The van der Waals surface area contributed by atoms with Crippen molar-refractivity contribution >= 4 is 91.2 Å². The Morgan fingerprint density at radius 3 is 0.946 bits per heavy atom. The van der Waals surface area contributed by atoms with Crippen LogP contribution in [-0.4, -0.2) is 141 Å². The molecular formula is C101H97N11O18. The number of carbonyl (C=O) groups is 8. The van der Waals surface area contributed by atoms with E-state index in [0.29, 0.717) is 113 Å². The van der Waals surface area contributed by atoms with Crippen molar-refractivity contribution in [3.8, 4) is 29.1 Å². The van der Waals surface area contributed by atoms with E-state index in [1.54, 1.807) is 126 Å². The molecule has 0 atom stereocenters. The number of carboxylic acids is 6. The van der Waals surface area contributed by atoms with E-state index in [9.17, 15) is 53.7 Å². The second kappa shape index (κ2) is 44.2. The average molecular weight is 1750 g/mol. The Balaban J connectivity index is 0.000000157. The van der Waals surface area contributed by atoms with E-state index in [1.807, 2.05) is 134 Å². The Hall–Kier alpha value is -16.1. The molecular weight excluding hydrogens is 1660 g/mol. The summed E-state index contributed by atoms with van der Waals surface area (Å²) in [5, 5.41) is 67.9. The number of aromatic nitrogens is 4. The molecule has 29 heteroatoms. The van der Waals surface area contributed by atoms with Gasteiger partial charge in [0.1, 0.15) is 62.5 Å². The lowest BCUT2D eigenvalue weighted by Crippen LogP contribution is -2.34. The second-order valence-corrected chi connectivity index (χ2v) is 30.7. The van der Waals surface area contributed by atoms with Gasteiger partial charge in [-0.2, -0.15) is 5.26 Å². The zero-order valence-corrected chi connectivity index (χ0v) is 71.1. The third-order valence-electron chi connectivity index (χ3n) is 21.4. The number of aliphatic carboxylic acids is 1. The Kier molecular flexibility index (Phi) is 31.6. The molecule has 664 valence electrons. The van der Waals surface area contributed by atoms with Crippen LogP contribution in [0.25, 0.3) is 43.6 Å². The van der Waals surface area contributed by atoms with Crippen molar-refractivity contribution in [2.75, 3.05) is 39.8 Å². The van der Waals surface area contributed by atoms with Gasteiger partial charge in [-0.15, -0.1) is 0 Å². The highest BCUT2D eigenvalue weighted by molar-refractivity contribution is 5.94. The molecule has 29 nitrogen and oxygen atoms in total. The number of carboxylic acid groups (broad SMARTS) is 6. The molecule has 0 aliphatic heterocycles. The number of nitrogens with two attached hydrogens (primary N) is 5. The van der Waals surface area contributed by atoms with Crippen molar-refractivity contribution < 1.29 is 87.9 Å². The first-order chi connectivity index (χ1) is 62.7. The Bertz CT molecular complexity index is 6480. The summed E-state index contributed by atoms with van der Waals surface area (Å²) in [5.74, 6) is -3.81. The maximum Gasteiger partial charge on any atom is 0.335 e. The Morgan fingerprint density at radius 1 is 0.338 bits per heavy atom. The van der Waals surface area contributed by atoms with Crippen LogP contribution in [0.5, 0.6) is 23.0 Å². The summed E-state index contributed by atoms with van der Waals surface area (Å²) >= 11 is 0. The molecule has 0 saturated carbocycles. The van der Waals surface area contributed by atoms with Crippen LogP contribution in [0.4, 0.5) is 0 Å². The number of hydrogen-bond donors (Lipinski definition) is 11. The molecule has 130 heavy (non-hydrogen) atoms. The van der Waals surface area contributed by atoms with Gasteiger partial charge >= 0.3 is 35.8 Å². The second-order valence-electron chi connectivity index (χ2n) is 30.7. The third-order valence-corrected chi connectivity index (χ3v) is 21.4. The predicted octanol–water partition coefficient (Wildman–Crippen LogP) is 14.0. The summed E-state index contributed by atoms with van der Waals surface area (Å²) in [6.07, 6.45) is 10.8. The molecule has 0 fully saturated rings. The highest BCUT2D eigenvalue weighted by Gasteiger charge is 2.21. The molecule has 4 heterocycles. The first-order valence-corrected chi connectivity index (χ1v) is 41.5. The number of likely N-dealkylation sites (N-methyl/N-ethyl adjacent to an activating group) is 1. The number of ether oxygens (including phenoxy) is 4. The van der Waals surface area contributed by atoms with Gasteiger partial charge < -0.3 is 101 Å². The van der Waals surface area contributed by atoms with E-state index < -0.39 is 41.7 Å². The van der Waals surface area contributed by atoms with Crippen molar-refractivity contribution in [1.82, 2.24) is 23.2 Å². The topological polar surface area (TPSA) is 472 Å². The van der Waals surface area contributed by atoms with Crippen LogP contribution >= 0.6 is 0 Å². The number of nitriles is 1. The maximum absolute atomic E-state index is 12.4. The van der Waals surface area contributed by atoms with Gasteiger partial charge in [0, 0.05) is 101 Å². The zero-order valence-electron chi connectivity index (χ0n) is 71.1. The number of aromatic carboxylic acids is 5. The summed E-state index contributed by atoms with van der Waals surface area (Å²) < 4.78 is 31.9. The van der Waals surface area contributed by atoms with Crippen LogP contribution in [0, 0.1) is 11.3 Å². The van der Waals surface area contributed by atoms with E-state index in [4.69, 9.17) is 68.2 Å². The standard InChI is InChI=1S/C26H25N3O4.2C26H24N2O5.C23H24N4O4/c27-11-10-21-15-29(14-18-2-1-3-20(12-18)26(31)32)24-9-8-22(13-23(21)24)33-16-17-4-6-19(7-5-17)25(28)30;27-10-9-21-15-28(14-17-3-1-5-19(11-17)25(29)30)24-8-7-22(13-23(21)24)33-16-18-4-2-6-20(12-18)26(31)32;27-11-10-21-15-28(14-18-2-1-3-20(12-18)26(31)32)24-9-8-22(13-23(21)24)33-16-17-4-6-19(7-5-17)25(29)30;1-26(14-23(29)30)22(28)13-27-12-18(7-8-24)20-10-19(5-6-21(20)27)31-15-17-4-2-3-16(9-17)11-25/h1-9,12-13,15H,10-11,14,16,27H2,(H2,28,30)(H,31,32);1-8,11-13,15H,9-10,14,16,27H2,(H,29,30)(H,31,32);1-9,12-13,15H,10-11,14,16,27H2,(H,29,30)(H,31,32);2-6,9-10,12H,7-8,13-15,24H2,1H3,(H,29,30). The monoisotopic (exact) mass is 1750 g/mol. The number of benzene rings is 11. The number of amides is 2. The molecule has 0 bridgehead atoms. The van der Waals surface area contributed by atoms with Gasteiger partial charge in [0.2, 0.25) is 11.8 Å². The average Bonchev–Trinajstić information content (AvgIpc) is 1.65. The molecule has 16 N–H and O–H groups in total. The lowest BCUT2D eigenvalue weighted by molar-refractivity contribution is -0.143. The maximum atomic E-state index is 12.4. The molecule has 0 saturated heterocycles. The van der Waals surface area contributed by atoms with Crippen LogP contribution in [0.15, 0.2) is 267 Å². The molecule has 11 aromatic carbocycles. The number of hydrogen-bond acceptors (Lipinski definition) is 17. The van der Waals surface area contributed by atoms with Gasteiger partial charge in [-0.25, -0.2) is 24.0 Å². The van der Waals surface area contributed by atoms with Gasteiger partial charge in [-0.05, 0) is 271 Å². The van der Waals surface area contributed by atoms with Crippen LogP contribution < -0.4 is 47.6 Å². The molecule has 15 aromatic rings. The number of primary amides is 1. The molecule has 15 rings (SSSR count). The fourth-order valence-electron chi connectivity index (χ4n) is 15.0. The van der Waals surface area contributed by atoms with Crippen LogP contribution in [0.1, 0.15) is 129 Å². The van der Waals surface area contributed by atoms with E-state index in [1.165, 1.54) is 11.9 Å². The van der Waals surface area contributed by atoms with Gasteiger partial charge in [-0.3, -0.25) is 14.4 Å². The van der Waals surface area contributed by atoms with Gasteiger partial charge in [-0.1, -0.05) is 84.9 Å². The molecule has 0 unspecified atom stereocenters. The fraction of sp³-hybridized carbons (Fsp3) is 0.178. The Labute approximate surface area is 747 Å². The minimum absolute atomic E-state index is 0.0337. The fourth-order valence-corrected chi connectivity index (χ4v) is 15.0. The van der Waals surface area contributed by atoms with E-state index in [2.05, 4.69) is 32.2 Å². The summed E-state index contributed by atoms with van der Waals surface area (Å²) in [7, 11) is 1.47. The molecule has 2 amide bonds. The largest absolute Gasteiger partial charge is 0.489 e. The molecule has 0 aliphatic rings. The predicted molar refractivity (Wildman–Crippen MR) is 492 cm³/mol. The van der Waals surface area contributed by atoms with Crippen molar-refractivity contribution in [2.24, 2.45) is 28.7 Å². The minimum Gasteiger partial charge on any atom is -0.489 e. The summed E-state index contributed by atoms with van der Waals surface area (Å²) in [4.78, 5) is 91.7. The SMILES string of the molecule is CN(CC(=O)O)C(=O)Cn1cc(CCN)c2cc(OCc3cccc(C#N)c3)ccc21.NCCc1cn(Cc2cccc(C(=O)O)c2)c2ccc(OCc3ccc(C(=O)O)cc3)cc12.NCCc1cn(Cc2cccc(C(=O)O)c2)c2ccc(OCc3ccc(C(N)=O)cc3)cc12.NCCc1cn(Cc2cccc(C(=O)O)c2)c2ccc(OCc3cccc(C(=O)O)c3)cc12. The number of nitrogens with zero attached hydrogens (tertiary/aromatic N) is 6.